The highest BCUT2D eigenvalue weighted by Gasteiger charge is 2.24. The largest absolute Gasteiger partial charge is 0.481 e. The summed E-state index contributed by atoms with van der Waals surface area (Å²) in [7, 11) is 0. The minimum Gasteiger partial charge on any atom is -0.481 e. The Kier molecular flexibility index (Phi) is 20.0. The number of hydrogen-bond acceptors (Lipinski definition) is 2. The Balaban J connectivity index is 3.74. The summed E-state index contributed by atoms with van der Waals surface area (Å²) < 4.78 is 0. The Hall–Kier alpha value is -1.32. The van der Waals surface area contributed by atoms with E-state index in [0.29, 0.717) is 19.5 Å². The summed E-state index contributed by atoms with van der Waals surface area (Å²) in [5, 5.41) is 9.11. The van der Waals surface area contributed by atoms with Crippen LogP contribution in [0.4, 0.5) is 0 Å². The number of carboxylic acid groups (broad SMARTS) is 1. The summed E-state index contributed by atoms with van der Waals surface area (Å²) in [5.41, 5.74) is 0. The van der Waals surface area contributed by atoms with Crippen molar-refractivity contribution < 1.29 is 14.7 Å². The van der Waals surface area contributed by atoms with Crippen molar-refractivity contribution in [1.82, 2.24) is 4.90 Å². The van der Waals surface area contributed by atoms with E-state index in [2.05, 4.69) is 19.1 Å². The van der Waals surface area contributed by atoms with Crippen LogP contribution in [0.3, 0.4) is 0 Å². The van der Waals surface area contributed by atoms with Crippen molar-refractivity contribution in [2.45, 2.75) is 124 Å². The molecule has 4 heteroatoms. The first-order valence-electron chi connectivity index (χ1n) is 12.7. The predicted molar refractivity (Wildman–Crippen MR) is 128 cm³/mol. The number of allylic oxidation sites excluding steroid dienone is 2. The van der Waals surface area contributed by atoms with Crippen LogP contribution in [-0.2, 0) is 9.59 Å². The highest BCUT2D eigenvalue weighted by atomic mass is 16.4. The lowest BCUT2D eigenvalue weighted by Crippen LogP contribution is -2.36. The lowest BCUT2D eigenvalue weighted by atomic mass is 9.97. The third-order valence-electron chi connectivity index (χ3n) is 5.92. The van der Waals surface area contributed by atoms with Gasteiger partial charge in [-0.15, -0.1) is 0 Å². The van der Waals surface area contributed by atoms with Gasteiger partial charge in [0, 0.05) is 19.0 Å². The fourth-order valence-electron chi connectivity index (χ4n) is 3.95. The summed E-state index contributed by atoms with van der Waals surface area (Å²) in [4.78, 5) is 25.3. The van der Waals surface area contributed by atoms with Crippen molar-refractivity contribution in [3.05, 3.63) is 12.2 Å². The zero-order chi connectivity index (χ0) is 22.5. The average molecular weight is 424 g/mol. The quantitative estimate of drug-likeness (QED) is 0.155. The molecule has 0 aromatic rings. The number of nitrogens with zero attached hydrogens (tertiary/aromatic N) is 1. The van der Waals surface area contributed by atoms with Crippen molar-refractivity contribution in [3.63, 3.8) is 0 Å². The van der Waals surface area contributed by atoms with Gasteiger partial charge >= 0.3 is 5.97 Å². The monoisotopic (exact) mass is 423 g/mol. The van der Waals surface area contributed by atoms with Crippen LogP contribution in [-0.4, -0.2) is 35.0 Å². The topological polar surface area (TPSA) is 57.6 Å². The molecule has 0 aliphatic rings. The van der Waals surface area contributed by atoms with Gasteiger partial charge in [-0.2, -0.15) is 0 Å². The predicted octanol–water partition coefficient (Wildman–Crippen LogP) is 7.37. The number of rotatable bonds is 21. The summed E-state index contributed by atoms with van der Waals surface area (Å²) in [6.45, 7) is 7.42. The molecule has 0 rings (SSSR count). The molecule has 0 radical (unpaired) electrons. The van der Waals surface area contributed by atoms with Crippen molar-refractivity contribution in [2.75, 3.05) is 13.1 Å². The van der Waals surface area contributed by atoms with E-state index in [1.54, 1.807) is 4.90 Å². The van der Waals surface area contributed by atoms with E-state index in [1.807, 2.05) is 13.8 Å². The Bertz CT molecular complexity index is 444. The van der Waals surface area contributed by atoms with Crippen LogP contribution in [0.5, 0.6) is 0 Å². The second-order valence-corrected chi connectivity index (χ2v) is 8.53. The number of carboxylic acids is 1. The van der Waals surface area contributed by atoms with Gasteiger partial charge in [-0.05, 0) is 39.5 Å². The molecule has 0 saturated heterocycles. The molecule has 0 fully saturated rings. The minimum absolute atomic E-state index is 0.0169. The van der Waals surface area contributed by atoms with Crippen LogP contribution in [0, 0.1) is 5.92 Å². The number of unbranched alkanes of at least 4 members (excludes halogenated alkanes) is 12. The first kappa shape index (κ1) is 28.7. The molecule has 176 valence electrons. The number of aliphatic carboxylic acids is 1. The molecule has 1 N–H and O–H groups in total. The molecule has 30 heavy (non-hydrogen) atoms. The SMILES string of the molecule is CCCCCCCCCCCCCC/C=C/CCC(CC(=O)O)C(=O)N(CC)CC. The molecule has 0 aliphatic heterocycles. The lowest BCUT2D eigenvalue weighted by molar-refractivity contribution is -0.144. The number of carbonyl (C=O) groups excluding carboxylic acids is 1. The maximum Gasteiger partial charge on any atom is 0.304 e. The molecule has 0 heterocycles. The van der Waals surface area contributed by atoms with E-state index in [0.717, 1.165) is 12.8 Å². The average Bonchev–Trinajstić information content (AvgIpc) is 2.73. The van der Waals surface area contributed by atoms with Gasteiger partial charge in [-0.1, -0.05) is 89.7 Å². The van der Waals surface area contributed by atoms with Crippen LogP contribution in [0.25, 0.3) is 0 Å². The van der Waals surface area contributed by atoms with Crippen molar-refractivity contribution >= 4 is 11.9 Å². The second-order valence-electron chi connectivity index (χ2n) is 8.53. The fourth-order valence-corrected chi connectivity index (χ4v) is 3.95. The van der Waals surface area contributed by atoms with Crippen molar-refractivity contribution in [1.29, 1.82) is 0 Å². The molecular weight excluding hydrogens is 374 g/mol. The van der Waals surface area contributed by atoms with Gasteiger partial charge in [0.25, 0.3) is 0 Å². The number of hydrogen-bond donors (Lipinski definition) is 1. The highest BCUT2D eigenvalue weighted by Crippen LogP contribution is 2.17. The van der Waals surface area contributed by atoms with Gasteiger partial charge in [-0.25, -0.2) is 0 Å². The zero-order valence-electron chi connectivity index (χ0n) is 20.2. The fraction of sp³-hybridized carbons (Fsp3) is 0.846. The van der Waals surface area contributed by atoms with Gasteiger partial charge in [0.1, 0.15) is 0 Å². The van der Waals surface area contributed by atoms with Gasteiger partial charge < -0.3 is 10.0 Å². The van der Waals surface area contributed by atoms with E-state index in [1.165, 1.54) is 77.0 Å². The first-order valence-corrected chi connectivity index (χ1v) is 12.7. The van der Waals surface area contributed by atoms with E-state index in [-0.39, 0.29) is 12.3 Å². The van der Waals surface area contributed by atoms with Gasteiger partial charge in [-0.3, -0.25) is 9.59 Å². The number of carbonyl (C=O) groups is 2. The van der Waals surface area contributed by atoms with E-state index in [4.69, 9.17) is 5.11 Å². The van der Waals surface area contributed by atoms with Gasteiger partial charge in [0.2, 0.25) is 5.91 Å². The van der Waals surface area contributed by atoms with Crippen LogP contribution in [0.1, 0.15) is 124 Å². The molecular formula is C26H49NO3. The molecule has 0 bridgehead atoms. The Morgan fingerprint density at radius 1 is 0.733 bits per heavy atom. The van der Waals surface area contributed by atoms with E-state index in [9.17, 15) is 9.59 Å². The molecule has 1 amide bonds. The summed E-state index contributed by atoms with van der Waals surface area (Å²) in [6, 6.07) is 0. The van der Waals surface area contributed by atoms with Crippen LogP contribution in [0.2, 0.25) is 0 Å². The Morgan fingerprint density at radius 2 is 1.20 bits per heavy atom. The number of amides is 1. The smallest absolute Gasteiger partial charge is 0.304 e. The van der Waals surface area contributed by atoms with Gasteiger partial charge in [0.15, 0.2) is 0 Å². The second kappa shape index (κ2) is 20.9. The lowest BCUT2D eigenvalue weighted by Gasteiger charge is -2.24. The first-order chi connectivity index (χ1) is 14.6. The third-order valence-corrected chi connectivity index (χ3v) is 5.92. The van der Waals surface area contributed by atoms with Crippen LogP contribution >= 0.6 is 0 Å². The molecule has 0 aliphatic carbocycles. The summed E-state index contributed by atoms with van der Waals surface area (Å²) in [5.74, 6) is -1.31. The van der Waals surface area contributed by atoms with Crippen LogP contribution < -0.4 is 0 Å². The van der Waals surface area contributed by atoms with Crippen LogP contribution in [0.15, 0.2) is 12.2 Å². The van der Waals surface area contributed by atoms with Crippen molar-refractivity contribution in [2.24, 2.45) is 5.92 Å². The Labute approximate surface area is 186 Å². The van der Waals surface area contributed by atoms with E-state index < -0.39 is 11.9 Å². The normalized spacial score (nSPS) is 12.4. The van der Waals surface area contributed by atoms with Crippen molar-refractivity contribution in [3.8, 4) is 0 Å². The maximum atomic E-state index is 12.5. The molecule has 0 aromatic carbocycles. The molecule has 1 unspecified atom stereocenters. The molecule has 4 nitrogen and oxygen atoms in total. The third kappa shape index (κ3) is 16.5. The Morgan fingerprint density at radius 3 is 1.67 bits per heavy atom. The molecule has 0 spiro atoms. The maximum absolute atomic E-state index is 12.5. The standard InChI is InChI=1S/C26H49NO3/c1-4-7-8-9-10-11-12-13-14-15-16-17-18-19-20-21-22-24(23-25(28)29)26(30)27(5-2)6-3/h19-20,24H,4-18,21-23H2,1-3H3,(H,28,29)/b20-19+. The van der Waals surface area contributed by atoms with E-state index >= 15 is 0 Å². The summed E-state index contributed by atoms with van der Waals surface area (Å²) >= 11 is 0. The zero-order valence-corrected chi connectivity index (χ0v) is 20.2. The molecule has 0 aromatic heterocycles. The van der Waals surface area contributed by atoms with Gasteiger partial charge in [0.05, 0.1) is 6.42 Å². The highest BCUT2D eigenvalue weighted by molar-refractivity contribution is 5.83. The molecule has 1 atom stereocenters. The molecule has 0 saturated carbocycles. The summed E-state index contributed by atoms with van der Waals surface area (Å²) in [6.07, 6.45) is 23.1. The minimum atomic E-state index is -0.888.